The van der Waals surface area contributed by atoms with Gasteiger partial charge >= 0.3 is 12.0 Å². The van der Waals surface area contributed by atoms with Crippen molar-refractivity contribution in [3.8, 4) is 0 Å². The van der Waals surface area contributed by atoms with Gasteiger partial charge in [0.25, 0.3) is 0 Å². The summed E-state index contributed by atoms with van der Waals surface area (Å²) in [5, 5.41) is 12.4. The number of hydrogen-bond donors (Lipinski definition) is 3. The molecule has 35 heavy (non-hydrogen) atoms. The summed E-state index contributed by atoms with van der Waals surface area (Å²) < 4.78 is 0. The number of carbonyl (C=O) groups is 3. The van der Waals surface area contributed by atoms with Crippen LogP contribution >= 0.6 is 0 Å². The van der Waals surface area contributed by atoms with Crippen LogP contribution < -0.4 is 10.2 Å². The first-order valence-electron chi connectivity index (χ1n) is 11.7. The molecule has 3 amide bonds. The molecule has 0 saturated carbocycles. The van der Waals surface area contributed by atoms with Crippen molar-refractivity contribution in [3.63, 3.8) is 0 Å². The molecule has 9 nitrogen and oxygen atoms in total. The Morgan fingerprint density at radius 3 is 2.57 bits per heavy atom. The quantitative estimate of drug-likeness (QED) is 0.498. The lowest BCUT2D eigenvalue weighted by molar-refractivity contribution is -0.142. The van der Waals surface area contributed by atoms with Crippen molar-refractivity contribution in [2.75, 3.05) is 11.4 Å². The molecule has 0 radical (unpaired) electrons. The van der Waals surface area contributed by atoms with E-state index >= 15 is 0 Å². The van der Waals surface area contributed by atoms with Gasteiger partial charge in [-0.2, -0.15) is 0 Å². The van der Waals surface area contributed by atoms with Crippen LogP contribution in [0.15, 0.2) is 48.5 Å². The number of carboxylic acid groups (broad SMARTS) is 1. The van der Waals surface area contributed by atoms with Gasteiger partial charge in [-0.25, -0.2) is 9.78 Å². The number of fused-ring (bicyclic) bond motifs is 2. The molecule has 0 spiro atoms. The summed E-state index contributed by atoms with van der Waals surface area (Å²) in [4.78, 5) is 49.4. The summed E-state index contributed by atoms with van der Waals surface area (Å²) in [6.07, 6.45) is 0.260. The lowest BCUT2D eigenvalue weighted by atomic mass is 9.92. The number of hydrogen-bond acceptors (Lipinski definition) is 4. The van der Waals surface area contributed by atoms with Crippen molar-refractivity contribution < 1.29 is 19.5 Å². The molecule has 2 aromatic carbocycles. The molecular weight excluding hydrogens is 446 g/mol. The number of carboxylic acids is 1. The Labute approximate surface area is 204 Å². The third-order valence-electron chi connectivity index (χ3n) is 6.08. The number of anilines is 1. The topological polar surface area (TPSA) is 119 Å². The number of imidazole rings is 1. The van der Waals surface area contributed by atoms with E-state index in [1.54, 1.807) is 17.0 Å². The summed E-state index contributed by atoms with van der Waals surface area (Å²) >= 11 is 0. The maximum atomic E-state index is 13.6. The molecule has 3 N–H and O–H groups in total. The second-order valence-corrected chi connectivity index (χ2v) is 10.0. The monoisotopic (exact) mass is 477 g/mol. The average Bonchev–Trinajstić information content (AvgIpc) is 3.18. The predicted octanol–water partition coefficient (Wildman–Crippen LogP) is 3.90. The number of aliphatic carboxylic acids is 1. The maximum Gasteiger partial charge on any atom is 0.323 e. The molecule has 3 aromatic rings. The van der Waals surface area contributed by atoms with Gasteiger partial charge < -0.3 is 20.3 Å². The molecule has 1 aliphatic rings. The van der Waals surface area contributed by atoms with E-state index in [9.17, 15) is 19.5 Å². The zero-order valence-electron chi connectivity index (χ0n) is 20.2. The van der Waals surface area contributed by atoms with E-state index in [2.05, 4.69) is 36.1 Å². The van der Waals surface area contributed by atoms with Crippen molar-refractivity contribution in [2.45, 2.75) is 52.7 Å². The molecule has 1 atom stereocenters. The number of H-pyrrole nitrogens is 1. The summed E-state index contributed by atoms with van der Waals surface area (Å²) in [5.41, 5.74) is 2.96. The molecule has 0 aliphatic carbocycles. The van der Waals surface area contributed by atoms with Gasteiger partial charge in [0.2, 0.25) is 5.91 Å². The number of para-hydroxylation sites is 3. The molecule has 1 aliphatic heterocycles. The zero-order chi connectivity index (χ0) is 25.2. The summed E-state index contributed by atoms with van der Waals surface area (Å²) in [6, 6.07) is 13.1. The average molecular weight is 478 g/mol. The van der Waals surface area contributed by atoms with Gasteiger partial charge in [0.05, 0.1) is 29.7 Å². The maximum absolute atomic E-state index is 13.6. The molecule has 1 aromatic heterocycles. The highest BCUT2D eigenvalue weighted by Crippen LogP contribution is 2.31. The van der Waals surface area contributed by atoms with Crippen molar-refractivity contribution >= 4 is 34.6 Å². The van der Waals surface area contributed by atoms with E-state index < -0.39 is 24.5 Å². The highest BCUT2D eigenvalue weighted by molar-refractivity contribution is 6.03. The van der Waals surface area contributed by atoms with Crippen LogP contribution in [0.3, 0.4) is 0 Å². The zero-order valence-corrected chi connectivity index (χ0v) is 20.2. The first-order valence-corrected chi connectivity index (χ1v) is 11.7. The number of nitrogens with zero attached hydrogens (tertiary/aromatic N) is 3. The second-order valence-electron chi connectivity index (χ2n) is 10.0. The molecule has 9 heteroatoms. The highest BCUT2D eigenvalue weighted by Gasteiger charge is 2.39. The number of urea groups is 1. The fourth-order valence-corrected chi connectivity index (χ4v) is 4.24. The Morgan fingerprint density at radius 2 is 1.86 bits per heavy atom. The molecule has 1 unspecified atom stereocenters. The number of rotatable bonds is 6. The van der Waals surface area contributed by atoms with Crippen LogP contribution in [0.1, 0.15) is 45.0 Å². The minimum Gasteiger partial charge on any atom is -0.481 e. The Bertz CT molecular complexity index is 1210. The lowest BCUT2D eigenvalue weighted by Gasteiger charge is -2.31. The van der Waals surface area contributed by atoms with Crippen LogP contribution in [0.4, 0.5) is 10.5 Å². The van der Waals surface area contributed by atoms with Crippen molar-refractivity contribution in [1.29, 1.82) is 0 Å². The lowest BCUT2D eigenvalue weighted by Crippen LogP contribution is -2.53. The van der Waals surface area contributed by atoms with Gasteiger partial charge in [0, 0.05) is 13.1 Å². The molecule has 184 valence electrons. The number of aromatic nitrogens is 2. The molecule has 4 rings (SSSR count). The van der Waals surface area contributed by atoms with Gasteiger partial charge in [-0.15, -0.1) is 0 Å². The van der Waals surface area contributed by atoms with E-state index in [4.69, 9.17) is 0 Å². The first-order chi connectivity index (χ1) is 16.6. The summed E-state index contributed by atoms with van der Waals surface area (Å²) in [5.74, 6) is -0.948. The van der Waals surface area contributed by atoms with Gasteiger partial charge in [0.1, 0.15) is 11.9 Å². The Morgan fingerprint density at radius 1 is 1.14 bits per heavy atom. The Hall–Kier alpha value is -3.88. The van der Waals surface area contributed by atoms with E-state index in [1.807, 2.05) is 36.4 Å². The van der Waals surface area contributed by atoms with Gasteiger partial charge in [-0.3, -0.25) is 14.5 Å². The van der Waals surface area contributed by atoms with E-state index in [0.29, 0.717) is 24.6 Å². The minimum absolute atomic E-state index is 0.00194. The minimum atomic E-state index is -1.16. The second kappa shape index (κ2) is 9.77. The molecule has 2 heterocycles. The fraction of sp³-hybridized carbons (Fsp3) is 0.385. The standard InChI is InChI=1S/C26H31N5O4/c1-26(2,3)12-13-30-16-17-8-4-7-11-20(17)31(21(24(30)34)14-23(32)33)25(35)27-15-22-28-18-9-5-6-10-19(18)29-22/h4-11,21H,12-16H2,1-3H3,(H,27,35)(H,28,29)(H,32,33). The number of benzene rings is 2. The Balaban J connectivity index is 1.63. The van der Waals surface area contributed by atoms with Crippen LogP contribution in [-0.2, 0) is 22.7 Å². The van der Waals surface area contributed by atoms with Gasteiger partial charge in [-0.05, 0) is 35.6 Å². The number of carbonyl (C=O) groups excluding carboxylic acids is 2. The fourth-order valence-electron chi connectivity index (χ4n) is 4.24. The third-order valence-corrected chi connectivity index (χ3v) is 6.08. The van der Waals surface area contributed by atoms with E-state index in [0.717, 1.165) is 23.0 Å². The normalized spacial score (nSPS) is 16.2. The Kier molecular flexibility index (Phi) is 6.77. The van der Waals surface area contributed by atoms with Crippen LogP contribution in [0.25, 0.3) is 11.0 Å². The number of aromatic amines is 1. The smallest absolute Gasteiger partial charge is 0.323 e. The van der Waals surface area contributed by atoms with Crippen molar-refractivity contribution in [2.24, 2.45) is 5.41 Å². The SMILES string of the molecule is CC(C)(C)CCN1Cc2ccccc2N(C(=O)NCc2nc3ccccc3[nH]2)C(CC(=O)O)C1=O. The molecule has 0 bridgehead atoms. The predicted molar refractivity (Wildman–Crippen MR) is 133 cm³/mol. The molecular formula is C26H31N5O4. The molecule has 0 fully saturated rings. The van der Waals surface area contributed by atoms with Gasteiger partial charge in [-0.1, -0.05) is 51.1 Å². The highest BCUT2D eigenvalue weighted by atomic mass is 16.4. The number of amides is 3. The van der Waals surface area contributed by atoms with Crippen LogP contribution in [0, 0.1) is 5.41 Å². The van der Waals surface area contributed by atoms with E-state index in [-0.39, 0.29) is 17.9 Å². The van der Waals surface area contributed by atoms with Crippen molar-refractivity contribution in [1.82, 2.24) is 20.2 Å². The number of nitrogens with one attached hydrogen (secondary N) is 2. The van der Waals surface area contributed by atoms with E-state index in [1.165, 1.54) is 4.90 Å². The first kappa shape index (κ1) is 24.3. The van der Waals surface area contributed by atoms with Crippen LogP contribution in [0.5, 0.6) is 0 Å². The van der Waals surface area contributed by atoms with Crippen molar-refractivity contribution in [3.05, 3.63) is 59.9 Å². The summed E-state index contributed by atoms with van der Waals surface area (Å²) in [7, 11) is 0. The van der Waals surface area contributed by atoms with Crippen LogP contribution in [0.2, 0.25) is 0 Å². The van der Waals surface area contributed by atoms with Gasteiger partial charge in [0.15, 0.2) is 0 Å². The third kappa shape index (κ3) is 5.62. The molecule has 0 saturated heterocycles. The summed E-state index contributed by atoms with van der Waals surface area (Å²) in [6.45, 7) is 7.17. The largest absolute Gasteiger partial charge is 0.481 e. The van der Waals surface area contributed by atoms with Crippen LogP contribution in [-0.4, -0.2) is 50.5 Å².